The summed E-state index contributed by atoms with van der Waals surface area (Å²) in [6, 6.07) is 5.32. The molecule has 1 fully saturated rings. The second kappa shape index (κ2) is 7.09. The van der Waals surface area contributed by atoms with E-state index in [2.05, 4.69) is 16.8 Å². The first-order valence-corrected chi connectivity index (χ1v) is 9.57. The van der Waals surface area contributed by atoms with E-state index in [9.17, 15) is 9.90 Å². The van der Waals surface area contributed by atoms with E-state index in [0.717, 1.165) is 54.3 Å². The normalized spacial score (nSPS) is 24.5. The third-order valence-electron chi connectivity index (χ3n) is 6.18. The summed E-state index contributed by atoms with van der Waals surface area (Å²) in [5.74, 6) is 1.49. The first-order chi connectivity index (χ1) is 13.0. The van der Waals surface area contributed by atoms with Crippen LogP contribution in [0.25, 0.3) is 0 Å². The largest absolute Gasteiger partial charge is 0.496 e. The molecular weight excluding hydrogens is 342 g/mol. The number of fused-ring (bicyclic) bond motifs is 4. The molecule has 2 aliphatic heterocycles. The second-order valence-electron chi connectivity index (χ2n) is 7.84. The van der Waals surface area contributed by atoms with Crippen LogP contribution in [-0.2, 0) is 6.54 Å². The van der Waals surface area contributed by atoms with Crippen LogP contribution in [0.15, 0.2) is 29.2 Å². The standard InChI is InChI=1S/C21H27N3O3/c1-13-8-22-17(14(2)21(13)27-3)11-23-9-15-7-16(10-23)19(12-25)24-18(15)5-4-6-20(24)26/h4-6,8,15-16,19,25H,7,9-12H2,1-3H3/t15-,16+,19+/m1/s1. The van der Waals surface area contributed by atoms with Crippen LogP contribution in [0.3, 0.4) is 0 Å². The molecule has 4 rings (SSSR count). The number of likely N-dealkylation sites (tertiary alicyclic amines) is 1. The van der Waals surface area contributed by atoms with Crippen molar-refractivity contribution in [2.45, 2.75) is 38.8 Å². The Morgan fingerprint density at radius 1 is 1.30 bits per heavy atom. The van der Waals surface area contributed by atoms with Crippen molar-refractivity contribution in [2.24, 2.45) is 5.92 Å². The molecule has 0 saturated carbocycles. The molecule has 0 spiro atoms. The molecule has 144 valence electrons. The predicted octanol–water partition coefficient (Wildman–Crippen LogP) is 2.02. The van der Waals surface area contributed by atoms with Gasteiger partial charge in [0.25, 0.3) is 5.56 Å². The van der Waals surface area contributed by atoms with E-state index in [1.807, 2.05) is 29.8 Å². The summed E-state index contributed by atoms with van der Waals surface area (Å²) >= 11 is 0. The van der Waals surface area contributed by atoms with E-state index in [1.54, 1.807) is 13.2 Å². The van der Waals surface area contributed by atoms with Gasteiger partial charge >= 0.3 is 0 Å². The summed E-state index contributed by atoms with van der Waals surface area (Å²) < 4.78 is 7.37. The number of aromatic nitrogens is 2. The van der Waals surface area contributed by atoms with Gasteiger partial charge in [0.2, 0.25) is 0 Å². The minimum absolute atomic E-state index is 0.00220. The predicted molar refractivity (Wildman–Crippen MR) is 103 cm³/mol. The minimum Gasteiger partial charge on any atom is -0.496 e. The van der Waals surface area contributed by atoms with E-state index < -0.39 is 0 Å². The zero-order valence-corrected chi connectivity index (χ0v) is 16.2. The first-order valence-electron chi connectivity index (χ1n) is 9.57. The number of pyridine rings is 2. The smallest absolute Gasteiger partial charge is 0.251 e. The fourth-order valence-electron chi connectivity index (χ4n) is 4.94. The van der Waals surface area contributed by atoms with Crippen LogP contribution in [0.4, 0.5) is 0 Å². The molecule has 27 heavy (non-hydrogen) atoms. The molecule has 6 nitrogen and oxygen atoms in total. The number of aliphatic hydroxyl groups excluding tert-OH is 1. The van der Waals surface area contributed by atoms with Crippen molar-refractivity contribution >= 4 is 0 Å². The Bertz CT molecular complexity index is 908. The highest BCUT2D eigenvalue weighted by atomic mass is 16.5. The monoisotopic (exact) mass is 369 g/mol. The highest BCUT2D eigenvalue weighted by Crippen LogP contribution is 2.41. The Morgan fingerprint density at radius 3 is 2.85 bits per heavy atom. The quantitative estimate of drug-likeness (QED) is 0.893. The lowest BCUT2D eigenvalue weighted by atomic mass is 9.78. The van der Waals surface area contributed by atoms with Gasteiger partial charge in [-0.15, -0.1) is 0 Å². The number of aryl methyl sites for hydroxylation is 1. The number of ether oxygens (including phenoxy) is 1. The van der Waals surface area contributed by atoms with Gasteiger partial charge < -0.3 is 14.4 Å². The molecule has 4 heterocycles. The number of rotatable bonds is 4. The van der Waals surface area contributed by atoms with Gasteiger partial charge in [-0.1, -0.05) is 6.07 Å². The van der Waals surface area contributed by atoms with Crippen molar-refractivity contribution < 1.29 is 9.84 Å². The molecule has 6 heteroatoms. The molecule has 2 aromatic heterocycles. The lowest BCUT2D eigenvalue weighted by Crippen LogP contribution is -2.50. The zero-order chi connectivity index (χ0) is 19.1. The Hall–Kier alpha value is -2.18. The van der Waals surface area contributed by atoms with Gasteiger partial charge in [0.15, 0.2) is 0 Å². The fourth-order valence-corrected chi connectivity index (χ4v) is 4.94. The Kier molecular flexibility index (Phi) is 4.78. The highest BCUT2D eigenvalue weighted by molar-refractivity contribution is 5.41. The second-order valence-corrected chi connectivity index (χ2v) is 7.84. The summed E-state index contributed by atoms with van der Waals surface area (Å²) in [6.07, 6.45) is 2.89. The summed E-state index contributed by atoms with van der Waals surface area (Å²) in [7, 11) is 1.70. The SMILES string of the molecule is COc1c(C)cnc(CN2C[C@H]3C[C@@H](C2)[C@H](CO)n2c3cccc2=O)c1C. The molecule has 1 N–H and O–H groups in total. The van der Waals surface area contributed by atoms with E-state index in [-0.39, 0.29) is 24.1 Å². The maximum atomic E-state index is 12.4. The third kappa shape index (κ3) is 3.07. The van der Waals surface area contributed by atoms with Crippen LogP contribution in [0, 0.1) is 19.8 Å². The maximum Gasteiger partial charge on any atom is 0.251 e. The van der Waals surface area contributed by atoms with Crippen LogP contribution in [0.2, 0.25) is 0 Å². The molecule has 0 amide bonds. The van der Waals surface area contributed by atoms with Gasteiger partial charge in [0, 0.05) is 54.6 Å². The third-order valence-corrected chi connectivity index (χ3v) is 6.18. The van der Waals surface area contributed by atoms with Crippen molar-refractivity contribution in [3.05, 3.63) is 57.3 Å². The molecule has 1 saturated heterocycles. The van der Waals surface area contributed by atoms with Crippen molar-refractivity contribution in [3.8, 4) is 5.75 Å². The van der Waals surface area contributed by atoms with E-state index >= 15 is 0 Å². The molecule has 2 aromatic rings. The molecule has 0 unspecified atom stereocenters. The summed E-state index contributed by atoms with van der Waals surface area (Å²) in [5.41, 5.74) is 4.21. The molecule has 0 radical (unpaired) electrons. The zero-order valence-electron chi connectivity index (χ0n) is 16.2. The van der Waals surface area contributed by atoms with E-state index in [1.165, 1.54) is 0 Å². The van der Waals surface area contributed by atoms with Gasteiger partial charge in [-0.25, -0.2) is 0 Å². The van der Waals surface area contributed by atoms with Crippen LogP contribution in [-0.4, -0.2) is 46.4 Å². The van der Waals surface area contributed by atoms with Gasteiger partial charge in [-0.2, -0.15) is 0 Å². The lowest BCUT2D eigenvalue weighted by Gasteiger charge is -2.46. The molecule has 3 atom stereocenters. The summed E-state index contributed by atoms with van der Waals surface area (Å²) in [5, 5.41) is 9.99. The highest BCUT2D eigenvalue weighted by Gasteiger charge is 2.40. The molecule has 2 aliphatic rings. The van der Waals surface area contributed by atoms with Crippen LogP contribution in [0.1, 0.15) is 40.9 Å². The van der Waals surface area contributed by atoms with Crippen molar-refractivity contribution in [3.63, 3.8) is 0 Å². The average molecular weight is 369 g/mol. The van der Waals surface area contributed by atoms with Crippen molar-refractivity contribution in [2.75, 3.05) is 26.8 Å². The van der Waals surface area contributed by atoms with Gasteiger partial charge in [0.05, 0.1) is 25.5 Å². The molecule has 2 bridgehead atoms. The number of nitrogens with zero attached hydrogens (tertiary/aromatic N) is 3. The van der Waals surface area contributed by atoms with Crippen molar-refractivity contribution in [1.82, 2.24) is 14.5 Å². The minimum atomic E-state index is -0.144. The fraction of sp³-hybridized carbons (Fsp3) is 0.524. The van der Waals surface area contributed by atoms with Crippen LogP contribution < -0.4 is 10.3 Å². The number of hydrogen-bond acceptors (Lipinski definition) is 5. The number of piperidine rings is 1. The molecule has 0 aliphatic carbocycles. The van der Waals surface area contributed by atoms with Gasteiger partial charge in [-0.3, -0.25) is 14.7 Å². The number of hydrogen-bond donors (Lipinski definition) is 1. The number of methoxy groups -OCH3 is 1. The Balaban J connectivity index is 1.64. The van der Waals surface area contributed by atoms with Gasteiger partial charge in [-0.05, 0) is 32.3 Å². The van der Waals surface area contributed by atoms with E-state index in [0.29, 0.717) is 5.92 Å². The van der Waals surface area contributed by atoms with Crippen LogP contribution in [0.5, 0.6) is 5.75 Å². The first kappa shape index (κ1) is 18.2. The number of aliphatic hydroxyl groups is 1. The molecule has 0 aromatic carbocycles. The summed E-state index contributed by atoms with van der Waals surface area (Å²) in [6.45, 7) is 6.58. The Morgan fingerprint density at radius 2 is 2.11 bits per heavy atom. The lowest BCUT2D eigenvalue weighted by molar-refractivity contribution is 0.0573. The van der Waals surface area contributed by atoms with E-state index in [4.69, 9.17) is 4.74 Å². The summed E-state index contributed by atoms with van der Waals surface area (Å²) in [4.78, 5) is 19.5. The topological polar surface area (TPSA) is 67.6 Å². The Labute approximate surface area is 159 Å². The maximum absolute atomic E-state index is 12.4. The molecular formula is C21H27N3O3. The van der Waals surface area contributed by atoms with Crippen LogP contribution >= 0.6 is 0 Å². The van der Waals surface area contributed by atoms with Gasteiger partial charge in [0.1, 0.15) is 5.75 Å². The average Bonchev–Trinajstić information content (AvgIpc) is 2.66. The van der Waals surface area contributed by atoms with Crippen molar-refractivity contribution in [1.29, 1.82) is 0 Å².